The van der Waals surface area contributed by atoms with Gasteiger partial charge in [-0.1, -0.05) is 23.9 Å². The highest BCUT2D eigenvalue weighted by molar-refractivity contribution is 7.99. The molecule has 0 fully saturated rings. The van der Waals surface area contributed by atoms with Crippen molar-refractivity contribution in [1.29, 1.82) is 0 Å². The minimum absolute atomic E-state index is 0.103. The van der Waals surface area contributed by atoms with Crippen molar-refractivity contribution in [2.75, 3.05) is 13.6 Å². The molecule has 0 bridgehead atoms. The van der Waals surface area contributed by atoms with Gasteiger partial charge in [-0.15, -0.1) is 0 Å². The molecule has 0 aliphatic carbocycles. The summed E-state index contributed by atoms with van der Waals surface area (Å²) in [6, 6.07) is 6.27. The van der Waals surface area contributed by atoms with E-state index < -0.39 is 5.76 Å². The summed E-state index contributed by atoms with van der Waals surface area (Å²) in [6.07, 6.45) is 0. The molecule has 1 rings (SSSR count). The molecule has 82 valence electrons. The largest absolute Gasteiger partial charge is 0.313 e. The Bertz CT molecular complexity index is 344. The average molecular weight is 231 g/mol. The molecule has 1 aromatic rings. The number of benzene rings is 1. The third-order valence-electron chi connectivity index (χ3n) is 1.72. The zero-order chi connectivity index (χ0) is 11.3. The Morgan fingerprint density at radius 1 is 1.53 bits per heavy atom. The number of likely N-dealkylation sites (N-methyl/N-ethyl adjacent to an activating group) is 1. The minimum Gasteiger partial charge on any atom is -0.313 e. The van der Waals surface area contributed by atoms with Gasteiger partial charge in [0.25, 0.3) is 5.76 Å². The van der Waals surface area contributed by atoms with Crippen LogP contribution in [0.5, 0.6) is 0 Å². The van der Waals surface area contributed by atoms with Gasteiger partial charge in [-0.25, -0.2) is 0 Å². The smallest absolute Gasteiger partial charge is 0.288 e. The lowest BCUT2D eigenvalue weighted by molar-refractivity contribution is 0.0993. The van der Waals surface area contributed by atoms with Gasteiger partial charge in [0.2, 0.25) is 0 Å². The fourth-order valence-corrected chi connectivity index (χ4v) is 1.67. The maximum absolute atomic E-state index is 12.1. The molecule has 2 nitrogen and oxygen atoms in total. The highest BCUT2D eigenvalue weighted by Crippen LogP contribution is 2.25. The summed E-state index contributed by atoms with van der Waals surface area (Å²) in [5.41, 5.74) is 0.454. The third-order valence-corrected chi connectivity index (χ3v) is 2.42. The van der Waals surface area contributed by atoms with E-state index in [1.807, 2.05) is 0 Å². The fourth-order valence-electron chi connectivity index (χ4n) is 1.11. The second kappa shape index (κ2) is 5.82. The van der Waals surface area contributed by atoms with Crippen LogP contribution in [-0.4, -0.2) is 25.1 Å². The molecule has 1 N–H and O–H groups in total. The number of nitrogens with one attached hydrogen (secondary N) is 1. The minimum atomic E-state index is -2.46. The highest BCUT2D eigenvalue weighted by Gasteiger charge is 2.08. The average Bonchev–Trinajstić information content (AvgIpc) is 2.17. The van der Waals surface area contributed by atoms with Crippen molar-refractivity contribution in [2.45, 2.75) is 10.7 Å². The Kier molecular flexibility index (Phi) is 4.71. The molecule has 5 heteroatoms. The van der Waals surface area contributed by atoms with Crippen molar-refractivity contribution in [2.24, 2.45) is 0 Å². The summed E-state index contributed by atoms with van der Waals surface area (Å²) in [5, 5.41) is 2.72. The molecule has 0 saturated carbocycles. The fraction of sp³-hybridized carbons (Fsp3) is 0.300. The van der Waals surface area contributed by atoms with Crippen molar-refractivity contribution in [3.63, 3.8) is 0 Å². The molecule has 0 atom stereocenters. The van der Waals surface area contributed by atoms with Gasteiger partial charge in [-0.2, -0.15) is 8.78 Å². The lowest BCUT2D eigenvalue weighted by Crippen LogP contribution is -2.18. The van der Waals surface area contributed by atoms with Crippen molar-refractivity contribution in [3.8, 4) is 0 Å². The Balaban J connectivity index is 2.78. The maximum atomic E-state index is 12.1. The molecule has 0 radical (unpaired) electrons. The highest BCUT2D eigenvalue weighted by atomic mass is 32.2. The van der Waals surface area contributed by atoms with E-state index in [9.17, 15) is 13.6 Å². The summed E-state index contributed by atoms with van der Waals surface area (Å²) in [4.78, 5) is 11.8. The first-order valence-corrected chi connectivity index (χ1v) is 5.24. The number of Topliss-reactive ketones (excluding diaryl/α,β-unsaturated/α-hetero) is 1. The normalized spacial score (nSPS) is 10.7. The van der Waals surface area contributed by atoms with Crippen molar-refractivity contribution in [3.05, 3.63) is 29.8 Å². The van der Waals surface area contributed by atoms with E-state index in [1.165, 1.54) is 6.07 Å². The number of ketones is 1. The van der Waals surface area contributed by atoms with Gasteiger partial charge in [0.05, 0.1) is 6.54 Å². The van der Waals surface area contributed by atoms with Crippen molar-refractivity contribution in [1.82, 2.24) is 5.32 Å². The monoisotopic (exact) mass is 231 g/mol. The molecule has 0 aliphatic rings. The van der Waals surface area contributed by atoms with Crippen LogP contribution in [0.3, 0.4) is 0 Å². The van der Waals surface area contributed by atoms with Crippen molar-refractivity contribution < 1.29 is 13.6 Å². The molecule has 0 aromatic heterocycles. The van der Waals surface area contributed by atoms with Crippen LogP contribution in [0.2, 0.25) is 0 Å². The van der Waals surface area contributed by atoms with Crippen LogP contribution >= 0.6 is 11.8 Å². The van der Waals surface area contributed by atoms with E-state index in [0.29, 0.717) is 22.2 Å². The Morgan fingerprint density at radius 2 is 2.27 bits per heavy atom. The van der Waals surface area contributed by atoms with Crippen LogP contribution in [-0.2, 0) is 0 Å². The Labute approximate surface area is 91.1 Å². The van der Waals surface area contributed by atoms with Crippen LogP contribution in [0.1, 0.15) is 10.4 Å². The lowest BCUT2D eigenvalue weighted by atomic mass is 10.1. The Hall–Kier alpha value is -0.940. The van der Waals surface area contributed by atoms with Crippen LogP contribution in [0.4, 0.5) is 8.78 Å². The van der Waals surface area contributed by atoms with Crippen molar-refractivity contribution >= 4 is 17.5 Å². The number of carbonyl (C=O) groups is 1. The molecule has 15 heavy (non-hydrogen) atoms. The van der Waals surface area contributed by atoms with Gasteiger partial charge in [0.15, 0.2) is 5.78 Å². The van der Waals surface area contributed by atoms with Crippen LogP contribution in [0.25, 0.3) is 0 Å². The molecule has 0 heterocycles. The lowest BCUT2D eigenvalue weighted by Gasteiger charge is -2.03. The summed E-state index contributed by atoms with van der Waals surface area (Å²) in [5.74, 6) is -2.56. The summed E-state index contributed by atoms with van der Waals surface area (Å²) in [7, 11) is 1.66. The van der Waals surface area contributed by atoms with E-state index in [0.717, 1.165) is 0 Å². The van der Waals surface area contributed by atoms with E-state index in [4.69, 9.17) is 0 Å². The molecular formula is C10H11F2NOS. The summed E-state index contributed by atoms with van der Waals surface area (Å²) in [6.45, 7) is 0.211. The molecule has 1 aromatic carbocycles. The van der Waals surface area contributed by atoms with Crippen LogP contribution in [0.15, 0.2) is 29.2 Å². The number of thioether (sulfide) groups is 1. The second-order valence-corrected chi connectivity index (χ2v) is 3.92. The molecule has 0 spiro atoms. The van der Waals surface area contributed by atoms with E-state index in [1.54, 1.807) is 25.2 Å². The van der Waals surface area contributed by atoms with Gasteiger partial charge in [0.1, 0.15) is 0 Å². The topological polar surface area (TPSA) is 29.1 Å². The predicted molar refractivity (Wildman–Crippen MR) is 56.6 cm³/mol. The second-order valence-electron chi connectivity index (χ2n) is 2.86. The molecular weight excluding hydrogens is 220 g/mol. The van der Waals surface area contributed by atoms with E-state index in [2.05, 4.69) is 5.32 Å². The van der Waals surface area contributed by atoms with E-state index in [-0.39, 0.29) is 12.3 Å². The van der Waals surface area contributed by atoms with Crippen LogP contribution in [0, 0.1) is 0 Å². The van der Waals surface area contributed by atoms with Gasteiger partial charge in [0, 0.05) is 10.5 Å². The molecule has 0 unspecified atom stereocenters. The van der Waals surface area contributed by atoms with Gasteiger partial charge < -0.3 is 5.32 Å². The zero-order valence-electron chi connectivity index (χ0n) is 8.17. The van der Waals surface area contributed by atoms with Gasteiger partial charge in [-0.3, -0.25) is 4.79 Å². The number of hydrogen-bond donors (Lipinski definition) is 1. The number of rotatable bonds is 5. The third kappa shape index (κ3) is 3.97. The standard InChI is InChI=1S/C10H11F2NOS/c1-13-6-9(14)7-3-2-4-8(5-7)15-10(11)12/h2-5,10,13H,6H2,1H3. The number of carbonyl (C=O) groups excluding carboxylic acids is 1. The molecule has 0 saturated heterocycles. The number of hydrogen-bond acceptors (Lipinski definition) is 3. The zero-order valence-corrected chi connectivity index (χ0v) is 8.98. The quantitative estimate of drug-likeness (QED) is 0.623. The maximum Gasteiger partial charge on any atom is 0.288 e. The van der Waals surface area contributed by atoms with Gasteiger partial charge in [-0.05, 0) is 19.2 Å². The number of halogens is 2. The SMILES string of the molecule is CNCC(=O)c1cccc(SC(F)F)c1. The van der Waals surface area contributed by atoms with Gasteiger partial charge >= 0.3 is 0 Å². The van der Waals surface area contributed by atoms with Crippen LogP contribution < -0.4 is 5.32 Å². The number of alkyl halides is 2. The molecule has 0 amide bonds. The summed E-state index contributed by atoms with van der Waals surface area (Å²) >= 11 is 0.442. The summed E-state index contributed by atoms with van der Waals surface area (Å²) < 4.78 is 24.1. The first kappa shape index (κ1) is 12.1. The first-order valence-electron chi connectivity index (χ1n) is 4.36. The predicted octanol–water partition coefficient (Wildman–Crippen LogP) is 2.40. The molecule has 0 aliphatic heterocycles. The van der Waals surface area contributed by atoms with E-state index >= 15 is 0 Å². The first-order chi connectivity index (χ1) is 7.13. The Morgan fingerprint density at radius 3 is 2.87 bits per heavy atom.